The summed E-state index contributed by atoms with van der Waals surface area (Å²) in [7, 11) is 1.85. The number of nitrogens with zero attached hydrogens (tertiary/aromatic N) is 3. The first-order chi connectivity index (χ1) is 9.06. The van der Waals surface area contributed by atoms with Crippen LogP contribution in [0.1, 0.15) is 46.4 Å². The first-order valence-electron chi connectivity index (χ1n) is 6.34. The molecule has 1 aliphatic carbocycles. The zero-order chi connectivity index (χ0) is 13.6. The topological polar surface area (TPSA) is 73.0 Å². The summed E-state index contributed by atoms with van der Waals surface area (Å²) in [5.41, 5.74) is 2.77. The Balaban J connectivity index is 1.79. The van der Waals surface area contributed by atoms with E-state index in [1.807, 2.05) is 20.9 Å². The second kappa shape index (κ2) is 4.22. The van der Waals surface area contributed by atoms with Crippen LogP contribution in [0, 0.1) is 13.8 Å². The number of anilines is 1. The predicted octanol–water partition coefficient (Wildman–Crippen LogP) is 2.15. The molecule has 100 valence electrons. The molecule has 0 aliphatic heterocycles. The Hall–Kier alpha value is -2.11. The Kier molecular flexibility index (Phi) is 2.66. The minimum absolute atomic E-state index is 0.255. The molecule has 0 aromatic carbocycles. The minimum atomic E-state index is -0.255. The van der Waals surface area contributed by atoms with Gasteiger partial charge in [0.2, 0.25) is 0 Å². The molecule has 1 saturated carbocycles. The smallest absolute Gasteiger partial charge is 0.277 e. The predicted molar refractivity (Wildman–Crippen MR) is 69.1 cm³/mol. The van der Waals surface area contributed by atoms with Crippen LogP contribution in [-0.2, 0) is 7.05 Å². The SMILES string of the molecule is Cc1nn(C)c(C)c1NC(=O)c1cc(C2CC2)on1. The van der Waals surface area contributed by atoms with Crippen molar-refractivity contribution in [2.45, 2.75) is 32.6 Å². The van der Waals surface area contributed by atoms with Gasteiger partial charge in [-0.3, -0.25) is 9.48 Å². The van der Waals surface area contributed by atoms with Gasteiger partial charge in [0, 0.05) is 19.0 Å². The van der Waals surface area contributed by atoms with E-state index in [0.717, 1.165) is 35.7 Å². The number of hydrogen-bond donors (Lipinski definition) is 1. The number of aryl methyl sites for hydroxylation is 2. The summed E-state index contributed by atoms with van der Waals surface area (Å²) < 4.78 is 6.92. The molecule has 2 aromatic heterocycles. The molecule has 1 fully saturated rings. The normalized spacial score (nSPS) is 14.7. The first kappa shape index (κ1) is 12.0. The summed E-state index contributed by atoms with van der Waals surface area (Å²) in [6.45, 7) is 3.77. The van der Waals surface area contributed by atoms with Crippen LogP contribution in [-0.4, -0.2) is 20.8 Å². The maximum atomic E-state index is 12.1. The van der Waals surface area contributed by atoms with Gasteiger partial charge >= 0.3 is 0 Å². The lowest BCUT2D eigenvalue weighted by molar-refractivity contribution is 0.101. The number of nitrogens with one attached hydrogen (secondary N) is 1. The van der Waals surface area contributed by atoms with Gasteiger partial charge < -0.3 is 9.84 Å². The van der Waals surface area contributed by atoms with Crippen LogP contribution in [0.15, 0.2) is 10.6 Å². The highest BCUT2D eigenvalue weighted by Gasteiger charge is 2.29. The molecule has 2 aromatic rings. The summed E-state index contributed by atoms with van der Waals surface area (Å²) in [5.74, 6) is 1.01. The molecule has 0 unspecified atom stereocenters. The van der Waals surface area contributed by atoms with Crippen LogP contribution < -0.4 is 5.32 Å². The molecular formula is C13H16N4O2. The molecule has 0 bridgehead atoms. The van der Waals surface area contributed by atoms with Gasteiger partial charge in [-0.2, -0.15) is 5.10 Å². The molecule has 19 heavy (non-hydrogen) atoms. The van der Waals surface area contributed by atoms with Crippen LogP contribution >= 0.6 is 0 Å². The highest BCUT2D eigenvalue weighted by Crippen LogP contribution is 2.40. The van der Waals surface area contributed by atoms with Crippen LogP contribution in [0.4, 0.5) is 5.69 Å². The van der Waals surface area contributed by atoms with E-state index in [4.69, 9.17) is 4.52 Å². The molecule has 0 saturated heterocycles. The fraction of sp³-hybridized carbons (Fsp3) is 0.462. The Bertz CT molecular complexity index is 637. The summed E-state index contributed by atoms with van der Waals surface area (Å²) in [6.07, 6.45) is 2.24. The van der Waals surface area contributed by atoms with Gasteiger partial charge in [0.15, 0.2) is 5.69 Å². The summed E-state index contributed by atoms with van der Waals surface area (Å²) >= 11 is 0. The Morgan fingerprint density at radius 1 is 1.47 bits per heavy atom. The van der Waals surface area contributed by atoms with Crippen LogP contribution in [0.2, 0.25) is 0 Å². The second-order valence-electron chi connectivity index (χ2n) is 5.01. The lowest BCUT2D eigenvalue weighted by Gasteiger charge is -2.02. The Morgan fingerprint density at radius 2 is 2.21 bits per heavy atom. The van der Waals surface area contributed by atoms with E-state index < -0.39 is 0 Å². The number of carbonyl (C=O) groups is 1. The molecular weight excluding hydrogens is 244 g/mol. The monoisotopic (exact) mass is 260 g/mol. The van der Waals surface area contributed by atoms with E-state index in [9.17, 15) is 4.79 Å². The van der Waals surface area contributed by atoms with Crippen molar-refractivity contribution in [2.75, 3.05) is 5.32 Å². The highest BCUT2D eigenvalue weighted by atomic mass is 16.5. The van der Waals surface area contributed by atoms with Crippen molar-refractivity contribution in [3.63, 3.8) is 0 Å². The highest BCUT2D eigenvalue weighted by molar-refractivity contribution is 6.03. The quantitative estimate of drug-likeness (QED) is 0.917. The standard InChI is InChI=1S/C13H16N4O2/c1-7-12(8(2)17(3)15-7)14-13(18)10-6-11(19-16-10)9-4-5-9/h6,9H,4-5H2,1-3H3,(H,14,18). The molecule has 1 N–H and O–H groups in total. The summed E-state index contributed by atoms with van der Waals surface area (Å²) in [6, 6.07) is 1.73. The van der Waals surface area contributed by atoms with Gasteiger partial charge in [-0.05, 0) is 26.7 Å². The van der Waals surface area contributed by atoms with E-state index >= 15 is 0 Å². The molecule has 2 heterocycles. The zero-order valence-electron chi connectivity index (χ0n) is 11.2. The average molecular weight is 260 g/mol. The Morgan fingerprint density at radius 3 is 2.79 bits per heavy atom. The van der Waals surface area contributed by atoms with E-state index in [1.165, 1.54) is 0 Å². The maximum Gasteiger partial charge on any atom is 0.277 e. The first-order valence-corrected chi connectivity index (χ1v) is 6.34. The van der Waals surface area contributed by atoms with Crippen LogP contribution in [0.3, 0.4) is 0 Å². The third-order valence-electron chi connectivity index (χ3n) is 3.49. The van der Waals surface area contributed by atoms with Crippen LogP contribution in [0.5, 0.6) is 0 Å². The van der Waals surface area contributed by atoms with Crippen molar-refractivity contribution in [3.05, 3.63) is 28.9 Å². The van der Waals surface area contributed by atoms with E-state index in [-0.39, 0.29) is 5.91 Å². The van der Waals surface area contributed by atoms with Gasteiger partial charge in [-0.25, -0.2) is 0 Å². The number of rotatable bonds is 3. The fourth-order valence-corrected chi connectivity index (χ4v) is 2.09. The van der Waals surface area contributed by atoms with Crippen LogP contribution in [0.25, 0.3) is 0 Å². The lowest BCUT2D eigenvalue weighted by atomic mass is 10.2. The third-order valence-corrected chi connectivity index (χ3v) is 3.49. The van der Waals surface area contributed by atoms with Gasteiger partial charge in [-0.1, -0.05) is 5.16 Å². The molecule has 1 aliphatic rings. The number of amides is 1. The summed E-state index contributed by atoms with van der Waals surface area (Å²) in [4.78, 5) is 12.1. The van der Waals surface area contributed by atoms with Crippen molar-refractivity contribution < 1.29 is 9.32 Å². The molecule has 0 spiro atoms. The molecule has 0 radical (unpaired) electrons. The van der Waals surface area contributed by atoms with E-state index in [1.54, 1.807) is 10.7 Å². The Labute approximate surface area is 110 Å². The number of carbonyl (C=O) groups excluding carboxylic acids is 1. The van der Waals surface area contributed by atoms with E-state index in [2.05, 4.69) is 15.6 Å². The molecule has 6 heteroatoms. The van der Waals surface area contributed by atoms with Crippen molar-refractivity contribution >= 4 is 11.6 Å². The molecule has 1 amide bonds. The minimum Gasteiger partial charge on any atom is -0.360 e. The number of hydrogen-bond acceptors (Lipinski definition) is 4. The van der Waals surface area contributed by atoms with Crippen molar-refractivity contribution in [3.8, 4) is 0 Å². The van der Waals surface area contributed by atoms with Crippen molar-refractivity contribution in [1.82, 2.24) is 14.9 Å². The van der Waals surface area contributed by atoms with Gasteiger partial charge in [0.05, 0.1) is 17.1 Å². The average Bonchev–Trinajstić information content (AvgIpc) is 3.06. The zero-order valence-corrected chi connectivity index (χ0v) is 11.2. The lowest BCUT2D eigenvalue weighted by Crippen LogP contribution is -2.13. The molecule has 0 atom stereocenters. The van der Waals surface area contributed by atoms with E-state index in [0.29, 0.717) is 11.6 Å². The molecule has 3 rings (SSSR count). The van der Waals surface area contributed by atoms with Gasteiger partial charge in [-0.15, -0.1) is 0 Å². The largest absolute Gasteiger partial charge is 0.360 e. The molecule has 6 nitrogen and oxygen atoms in total. The summed E-state index contributed by atoms with van der Waals surface area (Å²) in [5, 5.41) is 10.9. The van der Waals surface area contributed by atoms with Gasteiger partial charge in [0.25, 0.3) is 5.91 Å². The third kappa shape index (κ3) is 2.14. The fourth-order valence-electron chi connectivity index (χ4n) is 2.09. The number of aromatic nitrogens is 3. The van der Waals surface area contributed by atoms with Gasteiger partial charge in [0.1, 0.15) is 5.76 Å². The maximum absolute atomic E-state index is 12.1. The van der Waals surface area contributed by atoms with Crippen molar-refractivity contribution in [1.29, 1.82) is 0 Å². The van der Waals surface area contributed by atoms with Crippen molar-refractivity contribution in [2.24, 2.45) is 7.05 Å². The second-order valence-corrected chi connectivity index (χ2v) is 5.01.